The van der Waals surface area contributed by atoms with Crippen LogP contribution in [0.25, 0.3) is 0 Å². The first-order valence-electron chi connectivity index (χ1n) is 12.7. The fraction of sp³-hybridized carbons (Fsp3) is 0.643. The number of rotatable bonds is 8. The molecule has 0 amide bonds. The molecule has 0 radical (unpaired) electrons. The molecule has 220 valence electrons. The summed E-state index contributed by atoms with van der Waals surface area (Å²) < 4.78 is 31.7. The van der Waals surface area contributed by atoms with Crippen LogP contribution < -0.4 is 15.2 Å². The smallest absolute Gasteiger partial charge is 0.458 e. The Kier molecular flexibility index (Phi) is 11.4. The molecule has 0 bridgehead atoms. The summed E-state index contributed by atoms with van der Waals surface area (Å²) in [5, 5.41) is 0. The third kappa shape index (κ3) is 12.8. The fourth-order valence-electron chi connectivity index (χ4n) is 2.71. The second-order valence-corrected chi connectivity index (χ2v) is 12.2. The van der Waals surface area contributed by atoms with Gasteiger partial charge in [0.25, 0.3) is 0 Å². The van der Waals surface area contributed by atoms with Crippen LogP contribution in [0.2, 0.25) is 0 Å². The molecule has 0 saturated carbocycles. The zero-order valence-corrected chi connectivity index (χ0v) is 24.8. The molecule has 0 fully saturated rings. The molecule has 0 saturated heterocycles. The van der Waals surface area contributed by atoms with Crippen molar-refractivity contribution >= 4 is 24.2 Å². The Morgan fingerprint density at radius 3 is 1.67 bits per heavy atom. The quantitative estimate of drug-likeness (QED) is 0.260. The lowest BCUT2D eigenvalue weighted by Crippen LogP contribution is -2.40. The Hall–Kier alpha value is -3.34. The van der Waals surface area contributed by atoms with Crippen molar-refractivity contribution < 1.29 is 47.6 Å². The highest BCUT2D eigenvalue weighted by molar-refractivity contribution is 5.77. The summed E-state index contributed by atoms with van der Waals surface area (Å²) in [7, 11) is 0. The van der Waals surface area contributed by atoms with Gasteiger partial charge in [-0.3, -0.25) is 9.59 Å². The largest absolute Gasteiger partial charge is 0.514 e. The second-order valence-electron chi connectivity index (χ2n) is 12.2. The molecule has 2 N–H and O–H groups in total. The molecule has 1 aromatic rings. The number of carbonyl (C=O) groups is 4. The molecular weight excluding hydrogens is 510 g/mol. The average Bonchev–Trinajstić information content (AvgIpc) is 2.71. The van der Waals surface area contributed by atoms with Gasteiger partial charge in [0.1, 0.15) is 29.5 Å². The molecule has 11 heteroatoms. The second kappa shape index (κ2) is 13.1. The summed E-state index contributed by atoms with van der Waals surface area (Å²) in [4.78, 5) is 49.3. The van der Waals surface area contributed by atoms with Crippen molar-refractivity contribution in [1.82, 2.24) is 0 Å². The van der Waals surface area contributed by atoms with E-state index in [1.54, 1.807) is 82.2 Å². The van der Waals surface area contributed by atoms with E-state index in [0.29, 0.717) is 5.56 Å². The Morgan fingerprint density at radius 1 is 0.744 bits per heavy atom. The van der Waals surface area contributed by atoms with Gasteiger partial charge in [-0.1, -0.05) is 6.07 Å². The Morgan fingerprint density at radius 2 is 1.21 bits per heavy atom. The average molecular weight is 554 g/mol. The summed E-state index contributed by atoms with van der Waals surface area (Å²) in [5.41, 5.74) is 4.21. The molecule has 0 aliphatic carbocycles. The van der Waals surface area contributed by atoms with E-state index in [2.05, 4.69) is 0 Å². The molecular formula is C28H43NO10. The van der Waals surface area contributed by atoms with Gasteiger partial charge in [-0.05, 0) is 100 Å². The third-order valence-corrected chi connectivity index (χ3v) is 4.80. The van der Waals surface area contributed by atoms with Gasteiger partial charge in [-0.25, -0.2) is 9.59 Å². The van der Waals surface area contributed by atoms with Gasteiger partial charge in [-0.15, -0.1) is 0 Å². The maximum absolute atomic E-state index is 12.6. The first-order chi connectivity index (χ1) is 17.6. The monoisotopic (exact) mass is 553 g/mol. The van der Waals surface area contributed by atoms with Gasteiger partial charge < -0.3 is 34.2 Å². The molecule has 0 aromatic heterocycles. The van der Waals surface area contributed by atoms with E-state index in [1.807, 2.05) is 0 Å². The number of nitrogens with two attached hydrogens (primary N) is 1. The van der Waals surface area contributed by atoms with Crippen LogP contribution in [-0.4, -0.2) is 53.7 Å². The van der Waals surface area contributed by atoms with E-state index >= 15 is 0 Å². The minimum Gasteiger partial charge on any atom is -0.458 e. The van der Waals surface area contributed by atoms with Gasteiger partial charge in [0, 0.05) is 0 Å². The van der Waals surface area contributed by atoms with E-state index in [9.17, 15) is 19.2 Å². The van der Waals surface area contributed by atoms with Crippen LogP contribution >= 0.6 is 0 Å². The van der Waals surface area contributed by atoms with E-state index < -0.39 is 59.1 Å². The standard InChI is InChI=1S/C28H43NO10/c1-16(17(2)35-23(31)26(3,4)5)34-22(30)19(29)14-18-12-13-20(36-24(32)38-27(6,7)8)21(15-18)37-25(33)39-28(9,10)11/h12-13,15-17,19H,14,29H2,1-11H3/t16-,17-,19-/m0/s1. The number of ether oxygens (including phenoxy) is 6. The van der Waals surface area contributed by atoms with Crippen LogP contribution in [0.15, 0.2) is 18.2 Å². The van der Waals surface area contributed by atoms with Crippen LogP contribution in [0.5, 0.6) is 11.5 Å². The molecule has 1 rings (SSSR count). The number of carbonyl (C=O) groups excluding carboxylic acids is 4. The number of hydrogen-bond acceptors (Lipinski definition) is 11. The van der Waals surface area contributed by atoms with Crippen LogP contribution in [0.4, 0.5) is 9.59 Å². The van der Waals surface area contributed by atoms with Crippen LogP contribution in [0.1, 0.15) is 81.7 Å². The molecule has 0 heterocycles. The lowest BCUT2D eigenvalue weighted by molar-refractivity contribution is -0.171. The van der Waals surface area contributed by atoms with Gasteiger partial charge in [0.15, 0.2) is 11.5 Å². The Bertz CT molecular complexity index is 1030. The predicted molar refractivity (Wildman–Crippen MR) is 142 cm³/mol. The van der Waals surface area contributed by atoms with Crippen molar-refractivity contribution in [2.75, 3.05) is 0 Å². The van der Waals surface area contributed by atoms with Crippen molar-refractivity contribution in [2.45, 2.75) is 112 Å². The lowest BCUT2D eigenvalue weighted by atomic mass is 9.97. The maximum atomic E-state index is 12.6. The molecule has 0 aliphatic heterocycles. The summed E-state index contributed by atoms with van der Waals surface area (Å²) in [6, 6.07) is 3.23. The minimum atomic E-state index is -1.09. The molecule has 0 spiro atoms. The Labute approximate surface area is 230 Å². The van der Waals surface area contributed by atoms with E-state index in [1.165, 1.54) is 12.1 Å². The van der Waals surface area contributed by atoms with Crippen LogP contribution in [0.3, 0.4) is 0 Å². The summed E-state index contributed by atoms with van der Waals surface area (Å²) in [5.74, 6) is -1.37. The molecule has 11 nitrogen and oxygen atoms in total. The highest BCUT2D eigenvalue weighted by atomic mass is 16.8. The lowest BCUT2D eigenvalue weighted by Gasteiger charge is -2.25. The van der Waals surface area contributed by atoms with Crippen molar-refractivity contribution in [3.63, 3.8) is 0 Å². The molecule has 1 aromatic carbocycles. The molecule has 3 atom stereocenters. The minimum absolute atomic E-state index is 0.000884. The van der Waals surface area contributed by atoms with Crippen molar-refractivity contribution in [2.24, 2.45) is 11.1 Å². The van der Waals surface area contributed by atoms with Crippen molar-refractivity contribution in [3.8, 4) is 11.5 Å². The molecule has 0 aliphatic rings. The van der Waals surface area contributed by atoms with E-state index in [4.69, 9.17) is 34.2 Å². The number of benzene rings is 1. The maximum Gasteiger partial charge on any atom is 0.514 e. The summed E-state index contributed by atoms with van der Waals surface area (Å²) >= 11 is 0. The highest BCUT2D eigenvalue weighted by Gasteiger charge is 2.30. The normalized spacial score (nSPS) is 14.4. The van der Waals surface area contributed by atoms with E-state index in [-0.39, 0.29) is 17.9 Å². The van der Waals surface area contributed by atoms with Gasteiger partial charge in [0.2, 0.25) is 0 Å². The first kappa shape index (κ1) is 33.7. The highest BCUT2D eigenvalue weighted by Crippen LogP contribution is 2.31. The predicted octanol–water partition coefficient (Wildman–Crippen LogP) is 5.09. The third-order valence-electron chi connectivity index (χ3n) is 4.80. The zero-order chi connectivity index (χ0) is 30.3. The number of esters is 2. The van der Waals surface area contributed by atoms with E-state index in [0.717, 1.165) is 0 Å². The number of hydrogen-bond donors (Lipinski definition) is 1. The first-order valence-corrected chi connectivity index (χ1v) is 12.7. The summed E-state index contributed by atoms with van der Waals surface area (Å²) in [6.45, 7) is 18.4. The van der Waals surface area contributed by atoms with Gasteiger partial charge >= 0.3 is 24.2 Å². The van der Waals surface area contributed by atoms with Gasteiger partial charge in [-0.2, -0.15) is 0 Å². The fourth-order valence-corrected chi connectivity index (χ4v) is 2.71. The molecule has 0 unspecified atom stereocenters. The van der Waals surface area contributed by atoms with Crippen molar-refractivity contribution in [3.05, 3.63) is 23.8 Å². The van der Waals surface area contributed by atoms with Crippen molar-refractivity contribution in [1.29, 1.82) is 0 Å². The summed E-state index contributed by atoms with van der Waals surface area (Å²) in [6.07, 6.45) is -3.46. The van der Waals surface area contributed by atoms with Crippen LogP contribution in [-0.2, 0) is 35.0 Å². The van der Waals surface area contributed by atoms with Gasteiger partial charge in [0.05, 0.1) is 5.41 Å². The molecule has 39 heavy (non-hydrogen) atoms. The zero-order valence-electron chi connectivity index (χ0n) is 24.8. The Balaban J connectivity index is 3.02. The van der Waals surface area contributed by atoms with Crippen LogP contribution in [0, 0.1) is 5.41 Å². The topological polar surface area (TPSA) is 150 Å². The SMILES string of the molecule is C[C@H](OC(=O)[C@@H](N)Cc1ccc(OC(=O)OC(C)(C)C)c(OC(=O)OC(C)(C)C)c1)[C@H](C)OC(=O)C(C)(C)C.